The molecule has 8 heteroatoms. The van der Waals surface area contributed by atoms with Crippen molar-refractivity contribution < 1.29 is 22.8 Å². The molecule has 0 spiro atoms. The number of alkyl halides is 3. The molecule has 3 aliphatic rings. The number of rotatable bonds is 6. The average Bonchev–Trinajstić information content (AvgIpc) is 3.63. The summed E-state index contributed by atoms with van der Waals surface area (Å²) in [5, 5.41) is 6.30. The first-order chi connectivity index (χ1) is 15.3. The van der Waals surface area contributed by atoms with Gasteiger partial charge in [-0.3, -0.25) is 9.59 Å². The largest absolute Gasteiger partial charge is 0.417 e. The summed E-state index contributed by atoms with van der Waals surface area (Å²) in [6, 6.07) is 4.81. The SMILES string of the molecule is O=C(NCCC1CC1)C1=CCC(C2=CCN(C(=O)c3ccccc3C(F)(F)F)C=C2)NC1. The van der Waals surface area contributed by atoms with E-state index in [4.69, 9.17) is 0 Å². The minimum atomic E-state index is -4.59. The van der Waals surface area contributed by atoms with Crippen LogP contribution in [0.5, 0.6) is 0 Å². The smallest absolute Gasteiger partial charge is 0.352 e. The maximum atomic E-state index is 13.2. The van der Waals surface area contributed by atoms with Crippen molar-refractivity contribution in [1.82, 2.24) is 15.5 Å². The highest BCUT2D eigenvalue weighted by Gasteiger charge is 2.36. The molecule has 1 aromatic carbocycles. The first-order valence-corrected chi connectivity index (χ1v) is 10.9. The van der Waals surface area contributed by atoms with E-state index in [-0.39, 0.29) is 24.1 Å². The normalized spacial score (nSPS) is 21.1. The number of carbonyl (C=O) groups is 2. The zero-order valence-corrected chi connectivity index (χ0v) is 17.6. The van der Waals surface area contributed by atoms with E-state index in [2.05, 4.69) is 10.6 Å². The molecule has 1 atom stereocenters. The van der Waals surface area contributed by atoms with Gasteiger partial charge in [0.1, 0.15) is 0 Å². The van der Waals surface area contributed by atoms with Crippen molar-refractivity contribution >= 4 is 11.8 Å². The number of carbonyl (C=O) groups excluding carboxylic acids is 2. The zero-order valence-electron chi connectivity index (χ0n) is 17.6. The standard InChI is InChI=1S/C24H26F3N3O2/c25-24(26,27)20-4-2-1-3-19(20)23(32)30-13-10-17(11-14-30)21-8-7-18(15-29-21)22(31)28-12-9-16-5-6-16/h1-4,7,10-11,13,16,21,29H,5-6,8-9,12,14-15H2,(H,28,31). The van der Waals surface area contributed by atoms with Gasteiger partial charge in [0.05, 0.1) is 11.1 Å². The Bertz CT molecular complexity index is 977. The highest BCUT2D eigenvalue weighted by atomic mass is 19.4. The van der Waals surface area contributed by atoms with E-state index in [1.165, 1.54) is 42.1 Å². The monoisotopic (exact) mass is 445 g/mol. The molecule has 0 bridgehead atoms. The Morgan fingerprint density at radius 1 is 1.16 bits per heavy atom. The topological polar surface area (TPSA) is 61.4 Å². The van der Waals surface area contributed by atoms with Gasteiger partial charge in [-0.1, -0.05) is 37.1 Å². The van der Waals surface area contributed by atoms with Gasteiger partial charge in [-0.15, -0.1) is 0 Å². The summed E-state index contributed by atoms with van der Waals surface area (Å²) >= 11 is 0. The van der Waals surface area contributed by atoms with E-state index < -0.39 is 17.6 Å². The predicted molar refractivity (Wildman–Crippen MR) is 115 cm³/mol. The number of nitrogens with one attached hydrogen (secondary N) is 2. The molecule has 170 valence electrons. The molecule has 4 rings (SSSR count). The van der Waals surface area contributed by atoms with Crippen LogP contribution in [0.15, 0.2) is 59.8 Å². The molecule has 32 heavy (non-hydrogen) atoms. The van der Waals surface area contributed by atoms with Crippen LogP contribution in [0.3, 0.4) is 0 Å². The van der Waals surface area contributed by atoms with Crippen LogP contribution < -0.4 is 10.6 Å². The van der Waals surface area contributed by atoms with E-state index >= 15 is 0 Å². The van der Waals surface area contributed by atoms with Crippen LogP contribution in [0.2, 0.25) is 0 Å². The molecule has 0 saturated heterocycles. The summed E-state index contributed by atoms with van der Waals surface area (Å²) < 4.78 is 39.7. The first kappa shape index (κ1) is 22.3. The molecule has 5 nitrogen and oxygen atoms in total. The summed E-state index contributed by atoms with van der Waals surface area (Å²) in [7, 11) is 0. The van der Waals surface area contributed by atoms with Crippen molar-refractivity contribution in [2.45, 2.75) is 37.9 Å². The maximum Gasteiger partial charge on any atom is 0.417 e. The van der Waals surface area contributed by atoms with Gasteiger partial charge < -0.3 is 15.5 Å². The molecular formula is C24H26F3N3O2. The molecule has 2 aliphatic heterocycles. The van der Waals surface area contributed by atoms with Crippen molar-refractivity contribution in [3.05, 3.63) is 71.0 Å². The Hall–Kier alpha value is -2.87. The van der Waals surface area contributed by atoms with E-state index in [0.29, 0.717) is 19.5 Å². The molecule has 1 aliphatic carbocycles. The molecule has 1 unspecified atom stereocenters. The average molecular weight is 445 g/mol. The lowest BCUT2D eigenvalue weighted by atomic mass is 9.96. The molecule has 0 radical (unpaired) electrons. The van der Waals surface area contributed by atoms with Crippen LogP contribution in [-0.2, 0) is 11.0 Å². The van der Waals surface area contributed by atoms with Crippen LogP contribution in [-0.4, -0.2) is 42.4 Å². The quantitative estimate of drug-likeness (QED) is 0.700. The van der Waals surface area contributed by atoms with Crippen LogP contribution in [0, 0.1) is 5.92 Å². The van der Waals surface area contributed by atoms with Gasteiger partial charge in [-0.25, -0.2) is 0 Å². The van der Waals surface area contributed by atoms with E-state index in [0.717, 1.165) is 29.6 Å². The Morgan fingerprint density at radius 3 is 2.56 bits per heavy atom. The first-order valence-electron chi connectivity index (χ1n) is 10.9. The van der Waals surface area contributed by atoms with Gasteiger partial charge in [-0.2, -0.15) is 13.2 Å². The summed E-state index contributed by atoms with van der Waals surface area (Å²) in [4.78, 5) is 26.2. The maximum absolute atomic E-state index is 13.2. The minimum absolute atomic E-state index is 0.00558. The fourth-order valence-corrected chi connectivity index (χ4v) is 3.97. The lowest BCUT2D eigenvalue weighted by molar-refractivity contribution is -0.138. The lowest BCUT2D eigenvalue weighted by Crippen LogP contribution is -2.40. The van der Waals surface area contributed by atoms with Crippen molar-refractivity contribution in [2.75, 3.05) is 19.6 Å². The van der Waals surface area contributed by atoms with Gasteiger partial charge in [0.25, 0.3) is 5.91 Å². The highest BCUT2D eigenvalue weighted by molar-refractivity contribution is 5.97. The number of hydrogen-bond donors (Lipinski definition) is 2. The zero-order chi connectivity index (χ0) is 22.7. The van der Waals surface area contributed by atoms with Crippen molar-refractivity contribution in [1.29, 1.82) is 0 Å². The Labute approximate surface area is 185 Å². The second kappa shape index (κ2) is 9.32. The van der Waals surface area contributed by atoms with Gasteiger partial charge in [0, 0.05) is 37.4 Å². The summed E-state index contributed by atoms with van der Waals surface area (Å²) in [6.07, 6.45) is 6.64. The molecule has 0 aromatic heterocycles. The second-order valence-corrected chi connectivity index (χ2v) is 8.41. The summed E-state index contributed by atoms with van der Waals surface area (Å²) in [6.45, 7) is 1.35. The predicted octanol–water partition coefficient (Wildman–Crippen LogP) is 3.81. The number of nitrogens with zero attached hydrogens (tertiary/aromatic N) is 1. The third-order valence-electron chi connectivity index (χ3n) is 6.06. The van der Waals surface area contributed by atoms with Crippen molar-refractivity contribution in [3.63, 3.8) is 0 Å². The third kappa shape index (κ3) is 5.30. The van der Waals surface area contributed by atoms with Crippen molar-refractivity contribution in [3.8, 4) is 0 Å². The Balaban J connectivity index is 1.32. The molecule has 1 aromatic rings. The minimum Gasteiger partial charge on any atom is -0.352 e. The van der Waals surface area contributed by atoms with E-state index in [9.17, 15) is 22.8 Å². The fourth-order valence-electron chi connectivity index (χ4n) is 3.97. The van der Waals surface area contributed by atoms with Crippen LogP contribution in [0.1, 0.15) is 41.6 Å². The lowest BCUT2D eigenvalue weighted by Gasteiger charge is -2.28. The molecule has 2 amide bonds. The summed E-state index contributed by atoms with van der Waals surface area (Å²) in [5.41, 5.74) is 0.369. The number of hydrogen-bond acceptors (Lipinski definition) is 3. The molecule has 1 saturated carbocycles. The number of amides is 2. The third-order valence-corrected chi connectivity index (χ3v) is 6.06. The van der Waals surface area contributed by atoms with Gasteiger partial charge in [-0.05, 0) is 42.5 Å². The number of halogens is 3. The molecule has 2 N–H and O–H groups in total. The fraction of sp³-hybridized carbons (Fsp3) is 0.417. The second-order valence-electron chi connectivity index (χ2n) is 8.41. The van der Waals surface area contributed by atoms with Crippen molar-refractivity contribution in [2.24, 2.45) is 5.92 Å². The summed E-state index contributed by atoms with van der Waals surface area (Å²) in [5.74, 6) is 0.0487. The Kier molecular flexibility index (Phi) is 6.50. The van der Waals surface area contributed by atoms with Crippen LogP contribution in [0.4, 0.5) is 13.2 Å². The van der Waals surface area contributed by atoms with Gasteiger partial charge >= 0.3 is 6.18 Å². The van der Waals surface area contributed by atoms with Crippen LogP contribution >= 0.6 is 0 Å². The van der Waals surface area contributed by atoms with Crippen LogP contribution in [0.25, 0.3) is 0 Å². The van der Waals surface area contributed by atoms with E-state index in [1.807, 2.05) is 12.2 Å². The Morgan fingerprint density at radius 2 is 1.94 bits per heavy atom. The molecular weight excluding hydrogens is 419 g/mol. The number of benzene rings is 1. The van der Waals surface area contributed by atoms with E-state index in [1.54, 1.807) is 6.08 Å². The van der Waals surface area contributed by atoms with Gasteiger partial charge in [0.2, 0.25) is 5.91 Å². The van der Waals surface area contributed by atoms with Gasteiger partial charge in [0.15, 0.2) is 0 Å². The molecule has 1 fully saturated rings. The highest BCUT2D eigenvalue weighted by Crippen LogP contribution is 2.33. The molecule has 2 heterocycles.